The zero-order chi connectivity index (χ0) is 21.4. The quantitative estimate of drug-likeness (QED) is 0.473. The molecule has 0 amide bonds. The predicted octanol–water partition coefficient (Wildman–Crippen LogP) is 4.83. The lowest BCUT2D eigenvalue weighted by Gasteiger charge is -2.31. The van der Waals surface area contributed by atoms with Crippen molar-refractivity contribution < 1.29 is 4.79 Å². The third-order valence-electron chi connectivity index (χ3n) is 6.76. The fourth-order valence-electron chi connectivity index (χ4n) is 4.97. The number of aromatic nitrogens is 4. The van der Waals surface area contributed by atoms with Gasteiger partial charge in [0.1, 0.15) is 5.78 Å². The molecule has 1 saturated heterocycles. The van der Waals surface area contributed by atoms with E-state index in [2.05, 4.69) is 56.3 Å². The maximum Gasteiger partial charge on any atom is 0.155 e. The summed E-state index contributed by atoms with van der Waals surface area (Å²) in [5, 5.41) is 9.50. The van der Waals surface area contributed by atoms with Gasteiger partial charge in [0.05, 0.1) is 18.4 Å². The number of pyridine rings is 1. The number of hydrogen-bond acceptors (Lipinski definition) is 4. The highest BCUT2D eigenvalue weighted by Gasteiger charge is 2.23. The molecule has 5 rings (SSSR count). The minimum absolute atomic E-state index is 0.343. The van der Waals surface area contributed by atoms with Gasteiger partial charge in [0.2, 0.25) is 0 Å². The molecule has 2 N–H and O–H groups in total. The maximum absolute atomic E-state index is 11.8. The molecular formula is C25H29N5O. The molecule has 1 aliphatic heterocycles. The predicted molar refractivity (Wildman–Crippen MR) is 124 cm³/mol. The topological polar surface area (TPSA) is 77.7 Å². The number of ketones is 1. The molecule has 1 aliphatic rings. The van der Waals surface area contributed by atoms with Crippen molar-refractivity contribution in [2.75, 3.05) is 19.6 Å². The van der Waals surface area contributed by atoms with Crippen LogP contribution in [0.25, 0.3) is 33.2 Å². The van der Waals surface area contributed by atoms with Gasteiger partial charge >= 0.3 is 0 Å². The van der Waals surface area contributed by atoms with E-state index in [1.807, 2.05) is 19.3 Å². The van der Waals surface area contributed by atoms with Crippen molar-refractivity contribution in [1.82, 2.24) is 25.1 Å². The Morgan fingerprint density at radius 2 is 2.00 bits per heavy atom. The van der Waals surface area contributed by atoms with Crippen LogP contribution in [0.4, 0.5) is 0 Å². The molecule has 3 aromatic heterocycles. The van der Waals surface area contributed by atoms with Crippen molar-refractivity contribution in [2.45, 2.75) is 45.4 Å². The molecule has 0 saturated carbocycles. The Morgan fingerprint density at radius 3 is 2.77 bits per heavy atom. The summed E-state index contributed by atoms with van der Waals surface area (Å²) in [5.74, 6) is 0.900. The van der Waals surface area contributed by atoms with Crippen LogP contribution in [0.3, 0.4) is 0 Å². The van der Waals surface area contributed by atoms with Gasteiger partial charge in [0.15, 0.2) is 5.65 Å². The van der Waals surface area contributed by atoms with Crippen molar-refractivity contribution >= 4 is 27.7 Å². The number of carbonyl (C=O) groups is 1. The van der Waals surface area contributed by atoms with E-state index < -0.39 is 0 Å². The van der Waals surface area contributed by atoms with Crippen LogP contribution in [0.1, 0.15) is 50.2 Å². The molecule has 0 aliphatic carbocycles. The number of benzene rings is 1. The van der Waals surface area contributed by atoms with Gasteiger partial charge in [-0.15, -0.1) is 0 Å². The average molecular weight is 416 g/mol. The first-order valence-corrected chi connectivity index (χ1v) is 11.3. The van der Waals surface area contributed by atoms with Crippen LogP contribution in [-0.2, 0) is 11.2 Å². The van der Waals surface area contributed by atoms with Crippen LogP contribution in [0.5, 0.6) is 0 Å². The van der Waals surface area contributed by atoms with Crippen LogP contribution < -0.4 is 0 Å². The Kier molecular flexibility index (Phi) is 5.32. The van der Waals surface area contributed by atoms with Crippen LogP contribution in [0.2, 0.25) is 0 Å². The number of hydrogen-bond donors (Lipinski definition) is 2. The van der Waals surface area contributed by atoms with E-state index in [-0.39, 0.29) is 0 Å². The van der Waals surface area contributed by atoms with E-state index in [1.54, 1.807) is 0 Å². The summed E-state index contributed by atoms with van der Waals surface area (Å²) in [6.45, 7) is 6.78. The molecule has 1 fully saturated rings. The highest BCUT2D eigenvalue weighted by atomic mass is 16.1. The molecule has 6 nitrogen and oxygen atoms in total. The number of rotatable bonds is 6. The number of nitrogens with zero attached hydrogens (tertiary/aromatic N) is 3. The number of nitrogens with one attached hydrogen (secondary N) is 2. The summed E-state index contributed by atoms with van der Waals surface area (Å²) < 4.78 is 0. The third-order valence-corrected chi connectivity index (χ3v) is 6.76. The summed E-state index contributed by atoms with van der Waals surface area (Å²) in [5.41, 5.74) is 7.05. The van der Waals surface area contributed by atoms with E-state index in [4.69, 9.17) is 0 Å². The van der Waals surface area contributed by atoms with Crippen molar-refractivity contribution in [3.63, 3.8) is 0 Å². The standard InChI is InChI=1S/C25H29N5O/c1-3-18(31)15-30-11-8-16(9-12-30)17-5-6-23-21(13-17)19(4-2)24(28-23)20-7-10-26-25-22(20)14-27-29-25/h5-7,10,13-14,16,28H,3-4,8-9,11-12,15H2,1-2H3,(H,26,27,29). The first-order valence-electron chi connectivity index (χ1n) is 11.3. The Balaban J connectivity index is 1.46. The fraction of sp³-hybridized carbons (Fsp3) is 0.400. The second kappa shape index (κ2) is 8.27. The van der Waals surface area contributed by atoms with Gasteiger partial charge < -0.3 is 4.98 Å². The first kappa shape index (κ1) is 19.9. The number of likely N-dealkylation sites (tertiary alicyclic amines) is 1. The van der Waals surface area contributed by atoms with Crippen LogP contribution in [-0.4, -0.2) is 50.5 Å². The molecule has 6 heteroatoms. The van der Waals surface area contributed by atoms with Gasteiger partial charge in [0.25, 0.3) is 0 Å². The minimum atomic E-state index is 0.343. The van der Waals surface area contributed by atoms with Gasteiger partial charge in [-0.25, -0.2) is 4.98 Å². The highest BCUT2D eigenvalue weighted by Crippen LogP contribution is 2.36. The Hall–Kier alpha value is -2.99. The SMILES string of the molecule is CCC(=O)CN1CCC(c2ccc3[nH]c(-c4ccnc5[nH]ncc45)c(CC)c3c2)CC1. The minimum Gasteiger partial charge on any atom is -0.354 e. The smallest absolute Gasteiger partial charge is 0.155 e. The summed E-state index contributed by atoms with van der Waals surface area (Å²) in [7, 11) is 0. The molecule has 4 aromatic rings. The Morgan fingerprint density at radius 1 is 1.16 bits per heavy atom. The van der Waals surface area contributed by atoms with E-state index in [0.717, 1.165) is 54.6 Å². The maximum atomic E-state index is 11.8. The van der Waals surface area contributed by atoms with Crippen molar-refractivity contribution in [3.8, 4) is 11.3 Å². The lowest BCUT2D eigenvalue weighted by atomic mass is 9.88. The molecule has 4 heterocycles. The number of fused-ring (bicyclic) bond motifs is 2. The number of Topliss-reactive ketones (excluding diaryl/α,β-unsaturated/α-hetero) is 1. The summed E-state index contributed by atoms with van der Waals surface area (Å²) in [6, 6.07) is 8.96. The van der Waals surface area contributed by atoms with Crippen LogP contribution in [0.15, 0.2) is 36.7 Å². The third kappa shape index (κ3) is 3.65. The van der Waals surface area contributed by atoms with Crippen molar-refractivity contribution in [2.24, 2.45) is 0 Å². The van der Waals surface area contributed by atoms with Gasteiger partial charge in [-0.2, -0.15) is 5.10 Å². The summed E-state index contributed by atoms with van der Waals surface area (Å²) in [4.78, 5) is 22.1. The van der Waals surface area contributed by atoms with E-state index >= 15 is 0 Å². The molecular weight excluding hydrogens is 386 g/mol. The van der Waals surface area contributed by atoms with Gasteiger partial charge in [0, 0.05) is 34.5 Å². The molecule has 1 aromatic carbocycles. The molecule has 0 radical (unpaired) electrons. The lowest BCUT2D eigenvalue weighted by Crippen LogP contribution is -2.36. The Bertz CT molecular complexity index is 1230. The summed E-state index contributed by atoms with van der Waals surface area (Å²) >= 11 is 0. The van der Waals surface area contributed by atoms with E-state index in [0.29, 0.717) is 24.7 Å². The van der Waals surface area contributed by atoms with Crippen LogP contribution >= 0.6 is 0 Å². The zero-order valence-electron chi connectivity index (χ0n) is 18.2. The average Bonchev–Trinajstić information content (AvgIpc) is 3.43. The zero-order valence-corrected chi connectivity index (χ0v) is 18.2. The molecule has 160 valence electrons. The van der Waals surface area contributed by atoms with Gasteiger partial charge in [-0.05, 0) is 67.6 Å². The van der Waals surface area contributed by atoms with Crippen molar-refractivity contribution in [3.05, 3.63) is 47.8 Å². The number of carbonyl (C=O) groups excluding carboxylic acids is 1. The molecule has 31 heavy (non-hydrogen) atoms. The first-order chi connectivity index (χ1) is 15.2. The monoisotopic (exact) mass is 415 g/mol. The van der Waals surface area contributed by atoms with Gasteiger partial charge in [-0.3, -0.25) is 14.8 Å². The molecule has 0 spiro atoms. The number of H-pyrrole nitrogens is 2. The lowest BCUT2D eigenvalue weighted by molar-refractivity contribution is -0.120. The number of aryl methyl sites for hydroxylation is 1. The number of piperidine rings is 1. The van der Waals surface area contributed by atoms with E-state index in [9.17, 15) is 4.79 Å². The van der Waals surface area contributed by atoms with Crippen molar-refractivity contribution in [1.29, 1.82) is 0 Å². The van der Waals surface area contributed by atoms with E-state index in [1.165, 1.54) is 22.0 Å². The molecule has 0 bridgehead atoms. The van der Waals surface area contributed by atoms with Crippen LogP contribution in [0, 0.1) is 0 Å². The summed E-state index contributed by atoms with van der Waals surface area (Å²) in [6.07, 6.45) is 7.50. The number of aromatic amines is 2. The highest BCUT2D eigenvalue weighted by molar-refractivity contribution is 5.98. The largest absolute Gasteiger partial charge is 0.354 e. The second-order valence-electron chi connectivity index (χ2n) is 8.57. The molecule has 0 atom stereocenters. The van der Waals surface area contributed by atoms with Gasteiger partial charge in [-0.1, -0.05) is 19.9 Å². The Labute approximate surface area is 182 Å². The normalized spacial score (nSPS) is 15.8. The second-order valence-corrected chi connectivity index (χ2v) is 8.57. The fourth-order valence-corrected chi connectivity index (χ4v) is 4.97. The molecule has 0 unspecified atom stereocenters.